The Morgan fingerprint density at radius 1 is 1.13 bits per heavy atom. The molecule has 0 spiro atoms. The van der Waals surface area contributed by atoms with E-state index in [0.29, 0.717) is 16.7 Å². The topological polar surface area (TPSA) is 64.6 Å². The second-order valence-corrected chi connectivity index (χ2v) is 7.20. The zero-order valence-electron chi connectivity index (χ0n) is 16.0. The number of carbonyl (C=O) groups is 1. The van der Waals surface area contributed by atoms with Crippen LogP contribution in [0.2, 0.25) is 5.15 Å². The summed E-state index contributed by atoms with van der Waals surface area (Å²) in [5, 5.41) is 7.50. The van der Waals surface area contributed by atoms with Crippen LogP contribution in [0.25, 0.3) is 0 Å². The molecule has 3 aromatic rings. The first kappa shape index (κ1) is 20.0. The fourth-order valence-electron chi connectivity index (χ4n) is 3.22. The van der Waals surface area contributed by atoms with Crippen molar-refractivity contribution in [2.24, 2.45) is 0 Å². The molecular weight excluding hydrogens is 416 g/mol. The lowest BCUT2D eigenvalue weighted by molar-refractivity contribution is 0.114. The molecule has 4 rings (SSSR count). The number of benzene rings is 2. The summed E-state index contributed by atoms with van der Waals surface area (Å²) in [6.45, 7) is 3.36. The highest BCUT2D eigenvalue weighted by Gasteiger charge is 2.35. The number of hydrogen-bond donors (Lipinski definition) is 0. The summed E-state index contributed by atoms with van der Waals surface area (Å²) in [4.78, 5) is 13.9. The first-order chi connectivity index (χ1) is 14.3. The van der Waals surface area contributed by atoms with Gasteiger partial charge in [0.25, 0.3) is 0 Å². The largest absolute Gasteiger partial charge is 0.434 e. The van der Waals surface area contributed by atoms with Gasteiger partial charge in [0.1, 0.15) is 5.82 Å². The highest BCUT2D eigenvalue weighted by Crippen LogP contribution is 2.41. The number of halogens is 3. The summed E-state index contributed by atoms with van der Waals surface area (Å²) in [5.41, 5.74) is 1.27. The van der Waals surface area contributed by atoms with Crippen LogP contribution in [0.15, 0.2) is 42.5 Å². The van der Waals surface area contributed by atoms with E-state index in [-0.39, 0.29) is 34.9 Å². The van der Waals surface area contributed by atoms with Gasteiger partial charge in [0, 0.05) is 17.2 Å². The molecule has 30 heavy (non-hydrogen) atoms. The number of aryl methyl sites for hydroxylation is 1. The number of amides is 1. The molecule has 0 aliphatic carbocycles. The minimum Gasteiger partial charge on any atom is -0.434 e. The molecule has 0 saturated carbocycles. The third-order valence-electron chi connectivity index (χ3n) is 4.87. The SMILES string of the molecule is Cc1cccc(CN2C(=O)Oc3c(ccc(Oc4ccc(Cl)nn4)c3F)C2C)c1F. The van der Waals surface area contributed by atoms with Gasteiger partial charge in [-0.05, 0) is 37.6 Å². The highest BCUT2D eigenvalue weighted by molar-refractivity contribution is 6.29. The summed E-state index contributed by atoms with van der Waals surface area (Å²) < 4.78 is 40.0. The first-order valence-electron chi connectivity index (χ1n) is 9.07. The molecule has 154 valence electrons. The van der Waals surface area contributed by atoms with Gasteiger partial charge < -0.3 is 9.47 Å². The van der Waals surface area contributed by atoms with E-state index in [9.17, 15) is 13.6 Å². The molecule has 9 heteroatoms. The first-order valence-corrected chi connectivity index (χ1v) is 9.45. The van der Waals surface area contributed by atoms with E-state index in [1.165, 1.54) is 23.1 Å². The Kier molecular flexibility index (Phi) is 5.26. The number of aromatic nitrogens is 2. The fraction of sp³-hybridized carbons (Fsp3) is 0.190. The minimum absolute atomic E-state index is 0.00676. The lowest BCUT2D eigenvalue weighted by Crippen LogP contribution is -2.39. The maximum Gasteiger partial charge on any atom is 0.416 e. The number of ether oxygens (including phenoxy) is 2. The van der Waals surface area contributed by atoms with Crippen LogP contribution in [-0.4, -0.2) is 21.2 Å². The van der Waals surface area contributed by atoms with Crippen molar-refractivity contribution in [1.82, 2.24) is 15.1 Å². The predicted octanol–water partition coefficient (Wildman–Crippen LogP) is 5.58. The summed E-state index contributed by atoms with van der Waals surface area (Å²) in [6.07, 6.45) is -0.779. The molecule has 1 amide bonds. The van der Waals surface area contributed by atoms with Gasteiger partial charge in [-0.1, -0.05) is 29.8 Å². The van der Waals surface area contributed by atoms with Crippen LogP contribution in [0, 0.1) is 18.6 Å². The van der Waals surface area contributed by atoms with E-state index in [1.54, 1.807) is 38.1 Å². The summed E-state index contributed by atoms with van der Waals surface area (Å²) in [5.74, 6) is -1.60. The highest BCUT2D eigenvalue weighted by atomic mass is 35.5. The van der Waals surface area contributed by atoms with Gasteiger partial charge in [0.15, 0.2) is 16.7 Å². The lowest BCUT2D eigenvalue weighted by Gasteiger charge is -2.34. The molecule has 0 fully saturated rings. The number of carbonyl (C=O) groups excluding carboxylic acids is 1. The molecule has 0 radical (unpaired) electrons. The quantitative estimate of drug-likeness (QED) is 0.539. The molecule has 6 nitrogen and oxygen atoms in total. The number of nitrogens with zero attached hydrogens (tertiary/aromatic N) is 3. The maximum absolute atomic E-state index is 15.0. The molecule has 1 aliphatic rings. The third kappa shape index (κ3) is 3.66. The van der Waals surface area contributed by atoms with E-state index in [0.717, 1.165) is 0 Å². The Hall–Kier alpha value is -3.26. The molecule has 1 aromatic heterocycles. The molecule has 1 aliphatic heterocycles. The summed E-state index contributed by atoms with van der Waals surface area (Å²) >= 11 is 5.67. The standard InChI is InChI=1S/C21H16ClF2N3O3/c1-11-4-3-5-13(18(11)23)10-27-12(2)14-6-7-15(19(24)20(14)30-21(27)28)29-17-9-8-16(22)25-26-17/h3-9,12H,10H2,1-2H3. The van der Waals surface area contributed by atoms with Crippen molar-refractivity contribution in [3.8, 4) is 17.4 Å². The maximum atomic E-state index is 15.0. The number of fused-ring (bicyclic) bond motifs is 1. The molecule has 1 unspecified atom stereocenters. The van der Waals surface area contributed by atoms with Crippen molar-refractivity contribution in [2.45, 2.75) is 26.4 Å². The number of rotatable bonds is 4. The van der Waals surface area contributed by atoms with Gasteiger partial charge >= 0.3 is 6.09 Å². The summed E-state index contributed by atoms with van der Waals surface area (Å²) in [7, 11) is 0. The van der Waals surface area contributed by atoms with Crippen LogP contribution in [-0.2, 0) is 6.54 Å². The molecule has 0 bridgehead atoms. The molecule has 2 heterocycles. The zero-order chi connectivity index (χ0) is 21.4. The van der Waals surface area contributed by atoms with Crippen molar-refractivity contribution in [3.63, 3.8) is 0 Å². The van der Waals surface area contributed by atoms with Crippen molar-refractivity contribution >= 4 is 17.7 Å². The predicted molar refractivity (Wildman–Crippen MR) is 105 cm³/mol. The van der Waals surface area contributed by atoms with Crippen LogP contribution in [0.4, 0.5) is 13.6 Å². The van der Waals surface area contributed by atoms with E-state index >= 15 is 0 Å². The average Bonchev–Trinajstić information content (AvgIpc) is 2.72. The van der Waals surface area contributed by atoms with Crippen molar-refractivity contribution in [1.29, 1.82) is 0 Å². The monoisotopic (exact) mass is 431 g/mol. The van der Waals surface area contributed by atoms with E-state index in [4.69, 9.17) is 21.1 Å². The zero-order valence-corrected chi connectivity index (χ0v) is 16.8. The Balaban J connectivity index is 1.62. The Labute approximate surface area is 176 Å². The molecule has 2 aromatic carbocycles. The molecule has 0 saturated heterocycles. The van der Waals surface area contributed by atoms with Gasteiger partial charge in [-0.2, -0.15) is 4.39 Å². The Bertz CT molecular complexity index is 1130. The van der Waals surface area contributed by atoms with E-state index < -0.39 is 18.0 Å². The molecular formula is C21H16ClF2N3O3. The minimum atomic E-state index is -0.842. The van der Waals surface area contributed by atoms with Crippen LogP contribution >= 0.6 is 11.6 Å². The average molecular weight is 432 g/mol. The summed E-state index contributed by atoms with van der Waals surface area (Å²) in [6, 6.07) is 10.3. The normalized spacial score (nSPS) is 15.6. The van der Waals surface area contributed by atoms with Gasteiger partial charge in [-0.3, -0.25) is 4.90 Å². The van der Waals surface area contributed by atoms with Gasteiger partial charge in [-0.15, -0.1) is 10.2 Å². The van der Waals surface area contributed by atoms with E-state index in [2.05, 4.69) is 10.2 Å². The van der Waals surface area contributed by atoms with Crippen LogP contribution in [0.5, 0.6) is 17.4 Å². The van der Waals surface area contributed by atoms with Gasteiger partial charge in [-0.25, -0.2) is 9.18 Å². The van der Waals surface area contributed by atoms with Crippen LogP contribution in [0.3, 0.4) is 0 Å². The van der Waals surface area contributed by atoms with E-state index in [1.807, 2.05) is 0 Å². The van der Waals surface area contributed by atoms with Crippen molar-refractivity contribution in [2.75, 3.05) is 0 Å². The van der Waals surface area contributed by atoms with Crippen molar-refractivity contribution < 1.29 is 23.0 Å². The Morgan fingerprint density at radius 3 is 2.67 bits per heavy atom. The second kappa shape index (κ2) is 7.87. The fourth-order valence-corrected chi connectivity index (χ4v) is 3.32. The molecule has 0 N–H and O–H groups in total. The smallest absolute Gasteiger partial charge is 0.416 e. The molecule has 1 atom stereocenters. The third-order valence-corrected chi connectivity index (χ3v) is 5.07. The Morgan fingerprint density at radius 2 is 1.93 bits per heavy atom. The van der Waals surface area contributed by atoms with Gasteiger partial charge in [0.05, 0.1) is 12.6 Å². The number of hydrogen-bond acceptors (Lipinski definition) is 5. The lowest BCUT2D eigenvalue weighted by atomic mass is 10.0. The van der Waals surface area contributed by atoms with Crippen molar-refractivity contribution in [3.05, 3.63) is 75.9 Å². The van der Waals surface area contributed by atoms with Crippen LogP contribution in [0.1, 0.15) is 29.7 Å². The second-order valence-electron chi connectivity index (χ2n) is 6.81. The van der Waals surface area contributed by atoms with Crippen LogP contribution < -0.4 is 9.47 Å². The van der Waals surface area contributed by atoms with Gasteiger partial charge in [0.2, 0.25) is 11.7 Å².